The van der Waals surface area contributed by atoms with Crippen molar-refractivity contribution in [2.75, 3.05) is 16.8 Å². The van der Waals surface area contributed by atoms with Crippen molar-refractivity contribution in [3.05, 3.63) is 48.0 Å². The minimum absolute atomic E-state index is 0.0729. The molecule has 1 saturated heterocycles. The number of aromatic nitrogens is 2. The zero-order chi connectivity index (χ0) is 23.7. The summed E-state index contributed by atoms with van der Waals surface area (Å²) in [7, 11) is -2.18. The quantitative estimate of drug-likeness (QED) is 0.504. The van der Waals surface area contributed by atoms with Crippen LogP contribution in [0, 0.1) is 12.7 Å². The highest BCUT2D eigenvalue weighted by atomic mass is 32.2. The molecule has 1 aromatic heterocycles. The van der Waals surface area contributed by atoms with Crippen LogP contribution in [-0.2, 0) is 9.73 Å². The number of anilines is 2. The highest BCUT2D eigenvalue weighted by Crippen LogP contribution is 2.35. The maximum atomic E-state index is 14.1. The van der Waals surface area contributed by atoms with Crippen LogP contribution < -0.4 is 10.1 Å². The first-order valence-electron chi connectivity index (χ1n) is 11.8. The SMILES string of the molecule is Cc1cc(N=S2(=O)CCCC2)cc2ncnc(Nc3ccc(F)cc3OC3CCC(O)CC3)c12. The number of nitrogens with one attached hydrogen (secondary N) is 1. The first-order valence-corrected chi connectivity index (χ1v) is 13.6. The zero-order valence-corrected chi connectivity index (χ0v) is 20.0. The molecule has 0 bridgehead atoms. The van der Waals surface area contributed by atoms with Gasteiger partial charge in [0.15, 0.2) is 0 Å². The fourth-order valence-corrected chi connectivity index (χ4v) is 6.92. The van der Waals surface area contributed by atoms with E-state index in [0.29, 0.717) is 52.8 Å². The van der Waals surface area contributed by atoms with E-state index in [-0.39, 0.29) is 18.0 Å². The second-order valence-corrected chi connectivity index (χ2v) is 11.7. The molecule has 1 aliphatic heterocycles. The summed E-state index contributed by atoms with van der Waals surface area (Å²) in [6.07, 6.45) is 5.82. The number of ether oxygens (including phenoxy) is 1. The van der Waals surface area contributed by atoms with Crippen molar-refractivity contribution in [1.82, 2.24) is 9.97 Å². The number of aliphatic hydroxyl groups excluding tert-OH is 1. The highest BCUT2D eigenvalue weighted by Gasteiger charge is 2.22. The molecule has 0 unspecified atom stereocenters. The van der Waals surface area contributed by atoms with E-state index in [4.69, 9.17) is 4.74 Å². The van der Waals surface area contributed by atoms with Gasteiger partial charge in [-0.15, -0.1) is 0 Å². The standard InChI is InChI=1S/C25H29FN4O3S/c1-16-12-18(30-34(32)10-2-3-11-34)14-22-24(16)25(28-15-27-22)29-21-9-4-17(26)13-23(21)33-20-7-5-19(31)6-8-20/h4,9,12-15,19-20,31H,2-3,5-8,10-11H2,1H3,(H,27,28,29). The molecule has 5 rings (SSSR count). The summed E-state index contributed by atoms with van der Waals surface area (Å²) in [6.45, 7) is 1.95. The Kier molecular flexibility index (Phi) is 6.40. The molecule has 7 nitrogen and oxygen atoms in total. The van der Waals surface area contributed by atoms with Gasteiger partial charge in [-0.3, -0.25) is 0 Å². The van der Waals surface area contributed by atoms with Crippen molar-refractivity contribution >= 4 is 37.8 Å². The largest absolute Gasteiger partial charge is 0.488 e. The Morgan fingerprint density at radius 3 is 2.65 bits per heavy atom. The van der Waals surface area contributed by atoms with Crippen LogP contribution in [0.15, 0.2) is 41.0 Å². The number of nitrogens with zero attached hydrogens (tertiary/aromatic N) is 3. The van der Waals surface area contributed by atoms with Gasteiger partial charge in [-0.05, 0) is 75.3 Å². The highest BCUT2D eigenvalue weighted by molar-refractivity contribution is 7.93. The lowest BCUT2D eigenvalue weighted by atomic mass is 9.95. The van der Waals surface area contributed by atoms with Crippen molar-refractivity contribution in [1.29, 1.82) is 0 Å². The van der Waals surface area contributed by atoms with Gasteiger partial charge >= 0.3 is 0 Å². The van der Waals surface area contributed by atoms with Crippen LogP contribution in [0.1, 0.15) is 44.1 Å². The Bertz CT molecular complexity index is 1320. The third-order valence-electron chi connectivity index (χ3n) is 6.50. The summed E-state index contributed by atoms with van der Waals surface area (Å²) in [5.74, 6) is 1.90. The van der Waals surface area contributed by atoms with Gasteiger partial charge in [-0.2, -0.15) is 4.36 Å². The maximum absolute atomic E-state index is 14.1. The van der Waals surface area contributed by atoms with Crippen molar-refractivity contribution in [3.63, 3.8) is 0 Å². The van der Waals surface area contributed by atoms with Crippen molar-refractivity contribution in [3.8, 4) is 5.75 Å². The molecular weight excluding hydrogens is 455 g/mol. The molecule has 0 radical (unpaired) electrons. The van der Waals surface area contributed by atoms with E-state index >= 15 is 0 Å². The van der Waals surface area contributed by atoms with Crippen molar-refractivity contribution in [2.45, 2.75) is 57.7 Å². The Hall–Kier alpha value is -2.78. The van der Waals surface area contributed by atoms with Crippen molar-refractivity contribution < 1.29 is 18.4 Å². The van der Waals surface area contributed by atoms with Gasteiger partial charge in [0.05, 0.1) is 38.8 Å². The summed E-state index contributed by atoms with van der Waals surface area (Å²) in [5.41, 5.74) is 2.88. The van der Waals surface area contributed by atoms with Crippen LogP contribution in [0.25, 0.3) is 10.9 Å². The van der Waals surface area contributed by atoms with Gasteiger partial charge in [-0.1, -0.05) is 0 Å². The van der Waals surface area contributed by atoms with E-state index < -0.39 is 9.73 Å². The Balaban J connectivity index is 1.47. The molecule has 3 aromatic rings. The number of benzene rings is 2. The van der Waals surface area contributed by atoms with E-state index in [1.54, 1.807) is 6.07 Å². The molecule has 2 N–H and O–H groups in total. The molecule has 1 saturated carbocycles. The molecule has 0 atom stereocenters. The van der Waals surface area contributed by atoms with E-state index in [0.717, 1.165) is 36.6 Å². The molecule has 2 fully saturated rings. The Morgan fingerprint density at radius 2 is 1.88 bits per heavy atom. The van der Waals surface area contributed by atoms with Gasteiger partial charge in [-0.25, -0.2) is 18.6 Å². The third-order valence-corrected chi connectivity index (χ3v) is 8.90. The third kappa shape index (κ3) is 5.00. The van der Waals surface area contributed by atoms with Gasteiger partial charge in [0.2, 0.25) is 0 Å². The average molecular weight is 485 g/mol. The summed E-state index contributed by atoms with van der Waals surface area (Å²) >= 11 is 0. The Labute approximate surface area is 199 Å². The van der Waals surface area contributed by atoms with Crippen LogP contribution in [0.5, 0.6) is 5.75 Å². The lowest BCUT2D eigenvalue weighted by Crippen LogP contribution is -2.26. The maximum Gasteiger partial charge on any atom is 0.146 e. The molecular formula is C25H29FN4O3S. The van der Waals surface area contributed by atoms with Gasteiger partial charge in [0, 0.05) is 23.0 Å². The molecule has 0 amide bonds. The van der Waals surface area contributed by atoms with E-state index in [1.165, 1.54) is 18.5 Å². The number of hydrogen-bond donors (Lipinski definition) is 2. The minimum atomic E-state index is -2.18. The Morgan fingerprint density at radius 1 is 1.12 bits per heavy atom. The first kappa shape index (κ1) is 23.0. The lowest BCUT2D eigenvalue weighted by Gasteiger charge is -2.27. The second-order valence-electron chi connectivity index (χ2n) is 9.17. The summed E-state index contributed by atoms with van der Waals surface area (Å²) in [6, 6.07) is 8.15. The molecule has 2 aliphatic rings. The van der Waals surface area contributed by atoms with Gasteiger partial charge in [0.25, 0.3) is 0 Å². The van der Waals surface area contributed by atoms with Gasteiger partial charge in [0.1, 0.15) is 23.7 Å². The molecule has 180 valence electrons. The van der Waals surface area contributed by atoms with Gasteiger partial charge < -0.3 is 15.2 Å². The van der Waals surface area contributed by atoms with Crippen molar-refractivity contribution in [2.24, 2.45) is 4.36 Å². The average Bonchev–Trinajstić information content (AvgIpc) is 3.23. The number of hydrogen-bond acceptors (Lipinski definition) is 7. The monoisotopic (exact) mass is 484 g/mol. The first-order chi connectivity index (χ1) is 16.4. The smallest absolute Gasteiger partial charge is 0.146 e. The molecule has 9 heteroatoms. The normalized spacial score (nSPS) is 22.0. The number of fused-ring (bicyclic) bond motifs is 1. The number of rotatable bonds is 5. The fourth-order valence-electron chi connectivity index (χ4n) is 4.73. The molecule has 34 heavy (non-hydrogen) atoms. The number of aryl methyl sites for hydroxylation is 1. The van der Waals surface area contributed by atoms with E-state index in [1.807, 2.05) is 19.1 Å². The van der Waals surface area contributed by atoms with E-state index in [9.17, 15) is 13.7 Å². The molecule has 1 aliphatic carbocycles. The summed E-state index contributed by atoms with van der Waals surface area (Å²) in [5, 5.41) is 13.9. The molecule has 2 aromatic carbocycles. The number of aliphatic hydroxyl groups is 1. The van der Waals surface area contributed by atoms with E-state index in [2.05, 4.69) is 19.6 Å². The molecule has 0 spiro atoms. The summed E-state index contributed by atoms with van der Waals surface area (Å²) in [4.78, 5) is 8.86. The van der Waals surface area contributed by atoms with Crippen LogP contribution in [0.3, 0.4) is 0 Å². The number of halogens is 1. The predicted octanol–water partition coefficient (Wildman–Crippen LogP) is 5.40. The zero-order valence-electron chi connectivity index (χ0n) is 19.2. The van der Waals surface area contributed by atoms with Crippen LogP contribution in [0.2, 0.25) is 0 Å². The topological polar surface area (TPSA) is 96.7 Å². The second kappa shape index (κ2) is 9.46. The fraction of sp³-hybridized carbons (Fsp3) is 0.440. The minimum Gasteiger partial charge on any atom is -0.488 e. The van der Waals surface area contributed by atoms with Crippen LogP contribution in [-0.4, -0.2) is 43.0 Å². The lowest BCUT2D eigenvalue weighted by molar-refractivity contribution is 0.0668. The van der Waals surface area contributed by atoms with Crippen LogP contribution >= 0.6 is 0 Å². The molecule has 2 heterocycles. The predicted molar refractivity (Wildman–Crippen MR) is 132 cm³/mol. The summed E-state index contributed by atoms with van der Waals surface area (Å²) < 4.78 is 37.6. The van der Waals surface area contributed by atoms with Crippen LogP contribution in [0.4, 0.5) is 21.6 Å².